The number of aliphatic hydroxyl groups is 1. The molecule has 0 fully saturated rings. The molecule has 0 aliphatic rings. The molecule has 3 nitrogen and oxygen atoms in total. The van der Waals surface area contributed by atoms with Gasteiger partial charge in [0, 0.05) is 0 Å². The molecule has 2 N–H and O–H groups in total. The summed E-state index contributed by atoms with van der Waals surface area (Å²) in [5.41, 5.74) is 0. The Balaban J connectivity index is 3.33. The minimum absolute atomic E-state index is 0.379. The lowest BCUT2D eigenvalue weighted by molar-refractivity contribution is -0.146. The lowest BCUT2D eigenvalue weighted by Gasteiger charge is -2.05. The number of carboxylic acids is 1. The monoisotopic (exact) mass is 432 g/mol. The number of hydrogen-bond donors (Lipinski definition) is 2. The highest BCUT2D eigenvalue weighted by atomic mass is 16.4. The fourth-order valence-electron chi connectivity index (χ4n) is 3.34. The zero-order valence-electron chi connectivity index (χ0n) is 20.0. The van der Waals surface area contributed by atoms with Crippen LogP contribution in [-0.4, -0.2) is 22.3 Å². The van der Waals surface area contributed by atoms with Gasteiger partial charge in [-0.3, -0.25) is 0 Å². The molecule has 0 radical (unpaired) electrons. The van der Waals surface area contributed by atoms with Gasteiger partial charge in [0.2, 0.25) is 0 Å². The lowest BCUT2D eigenvalue weighted by atomic mass is 10.0. The van der Waals surface area contributed by atoms with Crippen LogP contribution in [0.3, 0.4) is 0 Å². The molecule has 0 heterocycles. The molecule has 0 saturated heterocycles. The van der Waals surface area contributed by atoms with Crippen molar-refractivity contribution >= 4 is 5.97 Å². The van der Waals surface area contributed by atoms with Crippen molar-refractivity contribution in [3.63, 3.8) is 0 Å². The fraction of sp³-hybridized carbons (Fsp3) is 0.679. The highest BCUT2D eigenvalue weighted by Crippen LogP contribution is 2.12. The van der Waals surface area contributed by atoms with Crippen molar-refractivity contribution in [3.05, 3.63) is 48.6 Å². The maximum absolute atomic E-state index is 10.5. The molecule has 0 rings (SSSR count). The number of allylic oxidation sites excluding steroid dienone is 8. The molecule has 1 atom stereocenters. The summed E-state index contributed by atoms with van der Waals surface area (Å²) in [4.78, 5) is 10.5. The molecule has 0 aromatic heterocycles. The number of aliphatic hydroxyl groups excluding tert-OH is 1. The van der Waals surface area contributed by atoms with Gasteiger partial charge in [-0.05, 0) is 51.4 Å². The molecule has 1 unspecified atom stereocenters. The summed E-state index contributed by atoms with van der Waals surface area (Å²) in [6, 6.07) is 0. The summed E-state index contributed by atoms with van der Waals surface area (Å²) in [7, 11) is 0. The molecular weight excluding hydrogens is 384 g/mol. The van der Waals surface area contributed by atoms with Gasteiger partial charge in [0.1, 0.15) is 0 Å². The van der Waals surface area contributed by atoms with E-state index in [1.54, 1.807) is 0 Å². The number of hydrogen-bond acceptors (Lipinski definition) is 2. The molecule has 178 valence electrons. The van der Waals surface area contributed by atoms with E-state index in [-0.39, 0.29) is 0 Å². The second kappa shape index (κ2) is 24.7. The Morgan fingerprint density at radius 1 is 0.613 bits per heavy atom. The van der Waals surface area contributed by atoms with Crippen LogP contribution in [0.25, 0.3) is 0 Å². The quantitative estimate of drug-likeness (QED) is 0.134. The van der Waals surface area contributed by atoms with E-state index < -0.39 is 12.1 Å². The van der Waals surface area contributed by atoms with Crippen LogP contribution in [0.4, 0.5) is 0 Å². The van der Waals surface area contributed by atoms with Crippen LogP contribution in [-0.2, 0) is 4.79 Å². The highest BCUT2D eigenvalue weighted by Gasteiger charge is 2.11. The number of carboxylic acid groups (broad SMARTS) is 1. The van der Waals surface area contributed by atoms with Crippen LogP contribution in [0.5, 0.6) is 0 Å². The number of aliphatic carboxylic acids is 1. The van der Waals surface area contributed by atoms with Crippen molar-refractivity contribution in [2.24, 2.45) is 0 Å². The summed E-state index contributed by atoms with van der Waals surface area (Å²) in [6.07, 6.45) is 36.1. The van der Waals surface area contributed by atoms with Gasteiger partial charge >= 0.3 is 5.97 Å². The van der Waals surface area contributed by atoms with E-state index in [1.165, 1.54) is 64.2 Å². The highest BCUT2D eigenvalue weighted by molar-refractivity contribution is 5.71. The van der Waals surface area contributed by atoms with Gasteiger partial charge in [-0.15, -0.1) is 0 Å². The molecule has 0 aliphatic heterocycles. The zero-order chi connectivity index (χ0) is 22.8. The zero-order valence-corrected chi connectivity index (χ0v) is 20.0. The Kier molecular flexibility index (Phi) is 23.4. The van der Waals surface area contributed by atoms with Crippen molar-refractivity contribution in [2.75, 3.05) is 0 Å². The molecule has 0 spiro atoms. The average molecular weight is 433 g/mol. The van der Waals surface area contributed by atoms with Gasteiger partial charge in [0.25, 0.3) is 0 Å². The first kappa shape index (κ1) is 29.4. The van der Waals surface area contributed by atoms with E-state index in [1.807, 2.05) is 0 Å². The van der Waals surface area contributed by atoms with Gasteiger partial charge in [-0.2, -0.15) is 0 Å². The van der Waals surface area contributed by atoms with Crippen LogP contribution in [0.2, 0.25) is 0 Å². The van der Waals surface area contributed by atoms with Gasteiger partial charge in [-0.25, -0.2) is 4.79 Å². The summed E-state index contributed by atoms with van der Waals surface area (Å²) in [5.74, 6) is -1.10. The van der Waals surface area contributed by atoms with Crippen LogP contribution in [0.15, 0.2) is 48.6 Å². The molecule has 31 heavy (non-hydrogen) atoms. The largest absolute Gasteiger partial charge is 0.479 e. The molecule has 0 aromatic rings. The second-order valence-electron chi connectivity index (χ2n) is 8.35. The third-order valence-corrected chi connectivity index (χ3v) is 5.34. The van der Waals surface area contributed by atoms with Gasteiger partial charge in [0.05, 0.1) is 0 Å². The normalized spacial score (nSPS) is 13.4. The van der Waals surface area contributed by atoms with E-state index in [9.17, 15) is 9.90 Å². The molecule has 3 heteroatoms. The Bertz CT molecular complexity index is 502. The van der Waals surface area contributed by atoms with Gasteiger partial charge in [-0.1, -0.05) is 113 Å². The summed E-state index contributed by atoms with van der Waals surface area (Å²) in [5, 5.41) is 17.8. The van der Waals surface area contributed by atoms with E-state index in [0.29, 0.717) is 6.42 Å². The van der Waals surface area contributed by atoms with E-state index in [4.69, 9.17) is 5.11 Å². The van der Waals surface area contributed by atoms with Crippen LogP contribution >= 0.6 is 0 Å². The molecule has 0 bridgehead atoms. The van der Waals surface area contributed by atoms with Crippen LogP contribution in [0, 0.1) is 0 Å². The maximum atomic E-state index is 10.5. The second-order valence-corrected chi connectivity index (χ2v) is 8.35. The smallest absolute Gasteiger partial charge is 0.332 e. The fourth-order valence-corrected chi connectivity index (χ4v) is 3.34. The Labute approximate surface area is 192 Å². The van der Waals surface area contributed by atoms with Crippen molar-refractivity contribution in [1.82, 2.24) is 0 Å². The first-order chi connectivity index (χ1) is 15.2. The van der Waals surface area contributed by atoms with Crippen molar-refractivity contribution < 1.29 is 15.0 Å². The number of carbonyl (C=O) groups is 1. The standard InChI is InChI=1S/C28H48O3/c1-2-3-4-5-6-7-8-9-10-11-12-13-14-15-16-17-18-19-20-21-22-23-24-25-26-27(29)28(30)31/h6-7,9-10,12-13,15-16,27,29H,2-5,8,11,14,17-26H2,1H3,(H,30,31)/b7-6-,10-9-,13-12-,16-15-. The minimum atomic E-state index is -1.18. The predicted octanol–water partition coefficient (Wildman–Crippen LogP) is 8.31. The summed E-state index contributed by atoms with van der Waals surface area (Å²) >= 11 is 0. The third kappa shape index (κ3) is 24.5. The SMILES string of the molecule is CCCCC/C=C\C/C=C\C/C=C\C/C=C\CCCCCCCCCCC(O)C(=O)O. The third-order valence-electron chi connectivity index (χ3n) is 5.34. The average Bonchev–Trinajstić information content (AvgIpc) is 2.76. The topological polar surface area (TPSA) is 57.5 Å². The number of rotatable bonds is 22. The number of unbranched alkanes of at least 4 members (excludes halogenated alkanes) is 11. The van der Waals surface area contributed by atoms with Crippen LogP contribution in [0.1, 0.15) is 116 Å². The Hall–Kier alpha value is -1.61. The molecule has 0 aromatic carbocycles. The Morgan fingerprint density at radius 3 is 1.45 bits per heavy atom. The molecule has 0 amide bonds. The Morgan fingerprint density at radius 2 is 1.00 bits per heavy atom. The molecule has 0 saturated carbocycles. The molecule has 0 aliphatic carbocycles. The first-order valence-corrected chi connectivity index (χ1v) is 12.7. The van der Waals surface area contributed by atoms with Crippen molar-refractivity contribution in [3.8, 4) is 0 Å². The van der Waals surface area contributed by atoms with Crippen molar-refractivity contribution in [2.45, 2.75) is 122 Å². The van der Waals surface area contributed by atoms with E-state index >= 15 is 0 Å². The summed E-state index contributed by atoms with van der Waals surface area (Å²) in [6.45, 7) is 2.24. The maximum Gasteiger partial charge on any atom is 0.332 e. The van der Waals surface area contributed by atoms with E-state index in [2.05, 4.69) is 55.5 Å². The summed E-state index contributed by atoms with van der Waals surface area (Å²) < 4.78 is 0. The lowest BCUT2D eigenvalue weighted by Crippen LogP contribution is -2.18. The van der Waals surface area contributed by atoms with Crippen LogP contribution < -0.4 is 0 Å². The van der Waals surface area contributed by atoms with E-state index in [0.717, 1.165) is 38.5 Å². The molecular formula is C28H48O3. The van der Waals surface area contributed by atoms with Crippen molar-refractivity contribution in [1.29, 1.82) is 0 Å². The predicted molar refractivity (Wildman–Crippen MR) is 134 cm³/mol. The van der Waals surface area contributed by atoms with Gasteiger partial charge < -0.3 is 10.2 Å². The minimum Gasteiger partial charge on any atom is -0.479 e. The van der Waals surface area contributed by atoms with Gasteiger partial charge in [0.15, 0.2) is 6.10 Å². The first-order valence-electron chi connectivity index (χ1n) is 12.7.